The number of rotatable bonds is 6. The van der Waals surface area contributed by atoms with Crippen LogP contribution in [0.15, 0.2) is 0 Å². The van der Waals surface area contributed by atoms with E-state index in [1.807, 2.05) is 18.7 Å². The minimum absolute atomic E-state index is 0.0434. The highest BCUT2D eigenvalue weighted by atomic mass is 32.2. The first-order valence-electron chi connectivity index (χ1n) is 6.02. The molecule has 1 atom stereocenters. The van der Waals surface area contributed by atoms with E-state index in [1.165, 1.54) is 11.5 Å². The predicted molar refractivity (Wildman–Crippen MR) is 69.6 cm³/mol. The lowest BCUT2D eigenvalue weighted by molar-refractivity contribution is -0.124. The zero-order chi connectivity index (χ0) is 11.8. The second-order valence-electron chi connectivity index (χ2n) is 4.22. The first-order valence-corrected chi connectivity index (χ1v) is 7.17. The van der Waals surface area contributed by atoms with Crippen LogP contribution < -0.4 is 11.1 Å². The second-order valence-corrected chi connectivity index (χ2v) is 5.45. The van der Waals surface area contributed by atoms with Crippen LogP contribution in [0.4, 0.5) is 0 Å². The van der Waals surface area contributed by atoms with Crippen molar-refractivity contribution in [2.45, 2.75) is 13.3 Å². The Morgan fingerprint density at radius 2 is 2.19 bits per heavy atom. The molecule has 0 spiro atoms. The Bertz CT molecular complexity index is 207. The summed E-state index contributed by atoms with van der Waals surface area (Å²) in [5, 5.41) is 2.97. The van der Waals surface area contributed by atoms with Crippen molar-refractivity contribution in [2.75, 3.05) is 44.2 Å². The predicted octanol–water partition coefficient (Wildman–Crippen LogP) is 0.136. The number of thioether (sulfide) groups is 1. The molecule has 3 N–H and O–H groups in total. The average molecular weight is 245 g/mol. The van der Waals surface area contributed by atoms with Gasteiger partial charge in [0.1, 0.15) is 0 Å². The Kier molecular flexibility index (Phi) is 6.84. The van der Waals surface area contributed by atoms with Gasteiger partial charge in [0.15, 0.2) is 0 Å². The molecule has 0 aromatic rings. The van der Waals surface area contributed by atoms with Crippen molar-refractivity contribution in [3.05, 3.63) is 0 Å². The summed E-state index contributed by atoms with van der Waals surface area (Å²) in [6.07, 6.45) is 0.770. The molecule has 4 nitrogen and oxygen atoms in total. The van der Waals surface area contributed by atoms with E-state index in [0.29, 0.717) is 6.54 Å². The SMILES string of the molecule is CC(CCN)C(=O)NCCN1CCSCC1. The van der Waals surface area contributed by atoms with Gasteiger partial charge in [-0.15, -0.1) is 0 Å². The molecule has 0 radical (unpaired) electrons. The topological polar surface area (TPSA) is 58.4 Å². The van der Waals surface area contributed by atoms with Gasteiger partial charge in [0, 0.05) is 43.6 Å². The van der Waals surface area contributed by atoms with Crippen molar-refractivity contribution >= 4 is 17.7 Å². The quantitative estimate of drug-likeness (QED) is 0.699. The fraction of sp³-hybridized carbons (Fsp3) is 0.909. The van der Waals surface area contributed by atoms with Crippen LogP contribution in [0.25, 0.3) is 0 Å². The summed E-state index contributed by atoms with van der Waals surface area (Å²) in [7, 11) is 0. The number of carbonyl (C=O) groups is 1. The summed E-state index contributed by atoms with van der Waals surface area (Å²) >= 11 is 2.01. The highest BCUT2D eigenvalue weighted by molar-refractivity contribution is 7.99. The van der Waals surface area contributed by atoms with E-state index < -0.39 is 0 Å². The van der Waals surface area contributed by atoms with Gasteiger partial charge in [-0.2, -0.15) is 11.8 Å². The molecule has 1 amide bonds. The van der Waals surface area contributed by atoms with Crippen molar-refractivity contribution < 1.29 is 4.79 Å². The number of nitrogens with one attached hydrogen (secondary N) is 1. The lowest BCUT2D eigenvalue weighted by atomic mass is 10.1. The zero-order valence-corrected chi connectivity index (χ0v) is 10.9. The van der Waals surface area contributed by atoms with Gasteiger partial charge in [-0.05, 0) is 13.0 Å². The summed E-state index contributed by atoms with van der Waals surface area (Å²) < 4.78 is 0. The van der Waals surface area contributed by atoms with Gasteiger partial charge < -0.3 is 11.1 Å². The highest BCUT2D eigenvalue weighted by Gasteiger charge is 2.13. The van der Waals surface area contributed by atoms with E-state index >= 15 is 0 Å². The molecule has 94 valence electrons. The van der Waals surface area contributed by atoms with E-state index in [4.69, 9.17) is 5.73 Å². The first-order chi connectivity index (χ1) is 7.74. The van der Waals surface area contributed by atoms with Gasteiger partial charge in [0.2, 0.25) is 5.91 Å². The third-order valence-electron chi connectivity index (χ3n) is 2.88. The van der Waals surface area contributed by atoms with Crippen LogP contribution in [0.1, 0.15) is 13.3 Å². The molecule has 0 saturated carbocycles. The molecule has 1 fully saturated rings. The summed E-state index contributed by atoms with van der Waals surface area (Å²) in [6.45, 7) is 6.55. The van der Waals surface area contributed by atoms with Crippen molar-refractivity contribution in [3.8, 4) is 0 Å². The Labute approximate surface area is 102 Å². The van der Waals surface area contributed by atoms with Gasteiger partial charge in [-0.1, -0.05) is 6.92 Å². The fourth-order valence-electron chi connectivity index (χ4n) is 1.72. The molecule has 16 heavy (non-hydrogen) atoms. The van der Waals surface area contributed by atoms with Gasteiger partial charge in [-0.3, -0.25) is 9.69 Å². The van der Waals surface area contributed by atoms with E-state index in [1.54, 1.807) is 0 Å². The number of amides is 1. The number of nitrogens with two attached hydrogens (primary N) is 1. The lowest BCUT2D eigenvalue weighted by Gasteiger charge is -2.26. The molecule has 1 aliphatic heterocycles. The van der Waals surface area contributed by atoms with Crippen LogP contribution in [0.2, 0.25) is 0 Å². The highest BCUT2D eigenvalue weighted by Crippen LogP contribution is 2.08. The number of hydrogen-bond acceptors (Lipinski definition) is 4. The van der Waals surface area contributed by atoms with Crippen LogP contribution in [0.3, 0.4) is 0 Å². The molecule has 1 unspecified atom stereocenters. The molecular formula is C11H23N3OS. The monoisotopic (exact) mass is 245 g/mol. The largest absolute Gasteiger partial charge is 0.355 e. The summed E-state index contributed by atoms with van der Waals surface area (Å²) in [5.41, 5.74) is 5.42. The number of nitrogens with zero attached hydrogens (tertiary/aromatic N) is 1. The van der Waals surface area contributed by atoms with Crippen LogP contribution >= 0.6 is 11.8 Å². The Hall–Kier alpha value is -0.260. The maximum Gasteiger partial charge on any atom is 0.222 e. The van der Waals surface area contributed by atoms with Crippen molar-refractivity contribution in [3.63, 3.8) is 0 Å². The first kappa shape index (κ1) is 13.8. The van der Waals surface area contributed by atoms with E-state index in [9.17, 15) is 4.79 Å². The van der Waals surface area contributed by atoms with Crippen LogP contribution in [-0.2, 0) is 4.79 Å². The maximum absolute atomic E-state index is 11.6. The van der Waals surface area contributed by atoms with E-state index in [-0.39, 0.29) is 11.8 Å². The zero-order valence-electron chi connectivity index (χ0n) is 10.1. The minimum Gasteiger partial charge on any atom is -0.355 e. The van der Waals surface area contributed by atoms with Gasteiger partial charge in [0.25, 0.3) is 0 Å². The van der Waals surface area contributed by atoms with Crippen LogP contribution in [0.5, 0.6) is 0 Å². The Morgan fingerprint density at radius 1 is 1.50 bits per heavy atom. The smallest absolute Gasteiger partial charge is 0.222 e. The van der Waals surface area contributed by atoms with Gasteiger partial charge in [0.05, 0.1) is 0 Å². The molecule has 0 bridgehead atoms. The van der Waals surface area contributed by atoms with E-state index in [2.05, 4.69) is 10.2 Å². The van der Waals surface area contributed by atoms with Crippen molar-refractivity contribution in [2.24, 2.45) is 11.7 Å². The molecule has 1 saturated heterocycles. The molecule has 0 aromatic heterocycles. The van der Waals surface area contributed by atoms with Gasteiger partial charge in [-0.25, -0.2) is 0 Å². The standard InChI is InChI=1S/C11H23N3OS/c1-10(2-3-12)11(15)13-4-5-14-6-8-16-9-7-14/h10H,2-9,12H2,1H3,(H,13,15). The third kappa shape index (κ3) is 5.18. The van der Waals surface area contributed by atoms with Crippen molar-refractivity contribution in [1.82, 2.24) is 10.2 Å². The minimum atomic E-state index is 0.0434. The molecule has 5 heteroatoms. The molecule has 1 heterocycles. The third-order valence-corrected chi connectivity index (χ3v) is 3.82. The number of carbonyl (C=O) groups excluding carboxylic acids is 1. The van der Waals surface area contributed by atoms with Crippen LogP contribution in [-0.4, -0.2) is 55.0 Å². The lowest BCUT2D eigenvalue weighted by Crippen LogP contribution is -2.40. The molecule has 0 aliphatic carbocycles. The summed E-state index contributed by atoms with van der Waals surface area (Å²) in [4.78, 5) is 14.0. The molecule has 0 aromatic carbocycles. The summed E-state index contributed by atoms with van der Waals surface area (Å²) in [6, 6.07) is 0. The normalized spacial score (nSPS) is 19.4. The molecular weight excluding hydrogens is 222 g/mol. The summed E-state index contributed by atoms with van der Waals surface area (Å²) in [5.74, 6) is 2.62. The van der Waals surface area contributed by atoms with Crippen LogP contribution in [0, 0.1) is 5.92 Å². The Morgan fingerprint density at radius 3 is 2.81 bits per heavy atom. The van der Waals surface area contributed by atoms with Crippen molar-refractivity contribution in [1.29, 1.82) is 0 Å². The number of hydrogen-bond donors (Lipinski definition) is 2. The molecule has 1 aliphatic rings. The molecule has 1 rings (SSSR count). The second kappa shape index (κ2) is 7.92. The van der Waals surface area contributed by atoms with Gasteiger partial charge >= 0.3 is 0 Å². The maximum atomic E-state index is 11.6. The average Bonchev–Trinajstić information content (AvgIpc) is 2.30. The van der Waals surface area contributed by atoms with E-state index in [0.717, 1.165) is 32.6 Å². The fourth-order valence-corrected chi connectivity index (χ4v) is 2.70. The Balaban J connectivity index is 2.07.